The number of hydrogen-bond acceptors (Lipinski definition) is 5. The molecule has 0 aliphatic rings. The molecule has 0 bridgehead atoms. The summed E-state index contributed by atoms with van der Waals surface area (Å²) in [7, 11) is -2.26. The molecule has 0 fully saturated rings. The van der Waals surface area contributed by atoms with Gasteiger partial charge in [0.1, 0.15) is 10.6 Å². The van der Waals surface area contributed by atoms with Gasteiger partial charge < -0.3 is 10.5 Å². The molecule has 0 aliphatic heterocycles. The molecular formula is C13H16N2O3S2. The zero-order valence-corrected chi connectivity index (χ0v) is 12.8. The van der Waals surface area contributed by atoms with Gasteiger partial charge in [-0.1, -0.05) is 6.07 Å². The zero-order chi connectivity index (χ0) is 14.8. The topological polar surface area (TPSA) is 81.4 Å². The van der Waals surface area contributed by atoms with Crippen LogP contribution in [0.5, 0.6) is 5.75 Å². The van der Waals surface area contributed by atoms with E-state index in [1.165, 1.54) is 36.6 Å². The standard InChI is InChI=1S/C13H16N2O3S2/c1-9(12-4-3-7-19-12)15-20(16,17)13-6-5-10(14)8-11(13)18-2/h3-9,15H,14H2,1-2H3. The van der Waals surface area contributed by atoms with Gasteiger partial charge >= 0.3 is 0 Å². The van der Waals surface area contributed by atoms with E-state index in [2.05, 4.69) is 4.72 Å². The molecule has 1 heterocycles. The molecule has 108 valence electrons. The summed E-state index contributed by atoms with van der Waals surface area (Å²) >= 11 is 1.50. The van der Waals surface area contributed by atoms with Crippen molar-refractivity contribution in [1.82, 2.24) is 4.72 Å². The molecule has 0 aliphatic carbocycles. The molecule has 7 heteroatoms. The molecule has 1 aromatic carbocycles. The summed E-state index contributed by atoms with van der Waals surface area (Å²) in [6.45, 7) is 1.80. The first-order valence-electron chi connectivity index (χ1n) is 5.93. The van der Waals surface area contributed by atoms with Crippen LogP contribution in [-0.4, -0.2) is 15.5 Å². The largest absolute Gasteiger partial charge is 0.495 e. The van der Waals surface area contributed by atoms with Crippen molar-refractivity contribution in [3.05, 3.63) is 40.6 Å². The second kappa shape index (κ2) is 5.82. The van der Waals surface area contributed by atoms with Gasteiger partial charge in [0.05, 0.1) is 13.2 Å². The van der Waals surface area contributed by atoms with Gasteiger partial charge in [-0.2, -0.15) is 0 Å². The fraction of sp³-hybridized carbons (Fsp3) is 0.231. The first kappa shape index (κ1) is 14.8. The molecule has 0 saturated carbocycles. The number of rotatable bonds is 5. The second-order valence-electron chi connectivity index (χ2n) is 4.27. The van der Waals surface area contributed by atoms with E-state index in [9.17, 15) is 8.42 Å². The van der Waals surface area contributed by atoms with Crippen LogP contribution in [0.25, 0.3) is 0 Å². The molecule has 0 radical (unpaired) electrons. The molecule has 3 N–H and O–H groups in total. The van der Waals surface area contributed by atoms with Crippen LogP contribution < -0.4 is 15.2 Å². The molecule has 0 spiro atoms. The predicted molar refractivity (Wildman–Crippen MR) is 80.5 cm³/mol. The number of benzene rings is 1. The Morgan fingerprint density at radius 2 is 2.10 bits per heavy atom. The highest BCUT2D eigenvalue weighted by molar-refractivity contribution is 7.89. The number of nitrogens with one attached hydrogen (secondary N) is 1. The van der Waals surface area contributed by atoms with Crippen LogP contribution in [0, 0.1) is 0 Å². The summed E-state index contributed by atoms with van der Waals surface area (Å²) in [6.07, 6.45) is 0. The fourth-order valence-corrected chi connectivity index (χ4v) is 3.98. The van der Waals surface area contributed by atoms with Crippen molar-refractivity contribution in [2.24, 2.45) is 0 Å². The minimum absolute atomic E-state index is 0.0811. The van der Waals surface area contributed by atoms with Crippen molar-refractivity contribution in [2.75, 3.05) is 12.8 Å². The summed E-state index contributed by atoms with van der Waals surface area (Å²) in [5, 5.41) is 1.91. The van der Waals surface area contributed by atoms with E-state index in [0.717, 1.165) is 4.88 Å². The number of ether oxygens (including phenoxy) is 1. The van der Waals surface area contributed by atoms with Crippen LogP contribution >= 0.6 is 11.3 Å². The van der Waals surface area contributed by atoms with E-state index >= 15 is 0 Å². The molecule has 1 atom stereocenters. The van der Waals surface area contributed by atoms with Crippen molar-refractivity contribution >= 4 is 27.0 Å². The normalized spacial score (nSPS) is 13.1. The van der Waals surface area contributed by atoms with Gasteiger partial charge in [-0.3, -0.25) is 0 Å². The fourth-order valence-electron chi connectivity index (χ4n) is 1.80. The molecule has 20 heavy (non-hydrogen) atoms. The molecule has 0 saturated heterocycles. The molecule has 5 nitrogen and oxygen atoms in total. The molecule has 1 unspecified atom stereocenters. The Bertz CT molecular complexity index is 682. The van der Waals surface area contributed by atoms with Crippen molar-refractivity contribution in [3.8, 4) is 5.75 Å². The smallest absolute Gasteiger partial charge is 0.244 e. The SMILES string of the molecule is COc1cc(N)ccc1S(=O)(=O)NC(C)c1cccs1. The third-order valence-corrected chi connectivity index (χ3v) is 5.41. The lowest BCUT2D eigenvalue weighted by Crippen LogP contribution is -2.26. The predicted octanol–water partition coefficient (Wildman–Crippen LogP) is 2.38. The average molecular weight is 312 g/mol. The Balaban J connectivity index is 2.31. The number of nitrogens with two attached hydrogens (primary N) is 1. The first-order valence-corrected chi connectivity index (χ1v) is 8.29. The van der Waals surface area contributed by atoms with Gasteiger partial charge in [0.25, 0.3) is 0 Å². The highest BCUT2D eigenvalue weighted by Crippen LogP contribution is 2.28. The average Bonchev–Trinajstić information content (AvgIpc) is 2.91. The summed E-state index contributed by atoms with van der Waals surface area (Å²) in [5.41, 5.74) is 6.08. The Labute approximate surface area is 122 Å². The highest BCUT2D eigenvalue weighted by Gasteiger charge is 2.22. The van der Waals surface area contributed by atoms with Gasteiger partial charge in [0.15, 0.2) is 0 Å². The third-order valence-electron chi connectivity index (χ3n) is 2.78. The summed E-state index contributed by atoms with van der Waals surface area (Å²) < 4.78 is 32.5. The van der Waals surface area contributed by atoms with Gasteiger partial charge in [0, 0.05) is 16.6 Å². The first-order chi connectivity index (χ1) is 9.44. The Morgan fingerprint density at radius 3 is 2.70 bits per heavy atom. The van der Waals surface area contributed by atoms with Crippen LogP contribution in [0.3, 0.4) is 0 Å². The number of methoxy groups -OCH3 is 1. The van der Waals surface area contributed by atoms with Crippen LogP contribution in [0.2, 0.25) is 0 Å². The lowest BCUT2D eigenvalue weighted by atomic mass is 10.3. The molecule has 1 aromatic heterocycles. The third kappa shape index (κ3) is 3.12. The van der Waals surface area contributed by atoms with Crippen molar-refractivity contribution in [1.29, 1.82) is 0 Å². The highest BCUT2D eigenvalue weighted by atomic mass is 32.2. The lowest BCUT2D eigenvalue weighted by molar-refractivity contribution is 0.402. The number of hydrogen-bond donors (Lipinski definition) is 2. The van der Waals surface area contributed by atoms with Crippen molar-refractivity contribution < 1.29 is 13.2 Å². The monoisotopic (exact) mass is 312 g/mol. The number of nitrogen functional groups attached to an aromatic ring is 1. The minimum Gasteiger partial charge on any atom is -0.495 e. The van der Waals surface area contributed by atoms with E-state index in [1.807, 2.05) is 17.5 Å². The zero-order valence-electron chi connectivity index (χ0n) is 11.2. The maximum Gasteiger partial charge on any atom is 0.244 e. The van der Waals surface area contributed by atoms with Gasteiger partial charge in [-0.25, -0.2) is 13.1 Å². The van der Waals surface area contributed by atoms with Gasteiger partial charge in [0.2, 0.25) is 10.0 Å². The Morgan fingerprint density at radius 1 is 1.35 bits per heavy atom. The van der Waals surface area contributed by atoms with E-state index in [4.69, 9.17) is 10.5 Å². The van der Waals surface area contributed by atoms with Gasteiger partial charge in [-0.05, 0) is 30.5 Å². The summed E-state index contributed by atoms with van der Waals surface area (Å²) in [6, 6.07) is 7.93. The Kier molecular flexibility index (Phi) is 4.32. The van der Waals surface area contributed by atoms with Gasteiger partial charge in [-0.15, -0.1) is 11.3 Å². The van der Waals surface area contributed by atoms with E-state index < -0.39 is 10.0 Å². The molecule has 2 rings (SSSR count). The van der Waals surface area contributed by atoms with E-state index in [0.29, 0.717) is 5.69 Å². The Hall–Kier alpha value is -1.57. The molecular weight excluding hydrogens is 296 g/mol. The van der Waals surface area contributed by atoms with Crippen LogP contribution in [0.15, 0.2) is 40.6 Å². The lowest BCUT2D eigenvalue weighted by Gasteiger charge is -2.15. The maximum atomic E-state index is 12.4. The van der Waals surface area contributed by atoms with Crippen LogP contribution in [-0.2, 0) is 10.0 Å². The van der Waals surface area contributed by atoms with Crippen molar-refractivity contribution in [2.45, 2.75) is 17.9 Å². The van der Waals surface area contributed by atoms with E-state index in [-0.39, 0.29) is 16.7 Å². The van der Waals surface area contributed by atoms with Crippen molar-refractivity contribution in [3.63, 3.8) is 0 Å². The number of thiophene rings is 1. The quantitative estimate of drug-likeness (QED) is 0.831. The van der Waals surface area contributed by atoms with Crippen LogP contribution in [0.4, 0.5) is 5.69 Å². The van der Waals surface area contributed by atoms with E-state index in [1.54, 1.807) is 6.92 Å². The van der Waals surface area contributed by atoms with Crippen LogP contribution in [0.1, 0.15) is 17.8 Å². The number of sulfonamides is 1. The maximum absolute atomic E-state index is 12.4. The molecule has 0 amide bonds. The second-order valence-corrected chi connectivity index (χ2v) is 6.93. The summed E-state index contributed by atoms with van der Waals surface area (Å²) in [4.78, 5) is 1.03. The minimum atomic E-state index is -3.67. The molecule has 2 aromatic rings. The summed E-state index contributed by atoms with van der Waals surface area (Å²) in [5.74, 6) is 0.232. The number of anilines is 1.